The molecule has 0 fully saturated rings. The average Bonchev–Trinajstić information content (AvgIpc) is 3.17. The zero-order valence-electron chi connectivity index (χ0n) is 19.6. The number of ether oxygens (including phenoxy) is 1. The summed E-state index contributed by atoms with van der Waals surface area (Å²) in [4.78, 5) is 21.0. The summed E-state index contributed by atoms with van der Waals surface area (Å²) in [7, 11) is -0.000511. The molecular formula is C24H27N5O4S. The first kappa shape index (κ1) is 23.5. The predicted octanol–water partition coefficient (Wildman–Crippen LogP) is 3.98. The molecule has 1 N–H and O–H groups in total. The number of hydrogen-bond acceptors (Lipinski definition) is 6. The van der Waals surface area contributed by atoms with Crippen LogP contribution in [0.5, 0.6) is 11.8 Å². The molecule has 0 aliphatic rings. The quantitative estimate of drug-likeness (QED) is 0.408. The van der Waals surface area contributed by atoms with Gasteiger partial charge in [0.15, 0.2) is 0 Å². The lowest BCUT2D eigenvalue weighted by Crippen LogP contribution is -2.19. The molecule has 3 heterocycles. The Morgan fingerprint density at radius 2 is 1.88 bits per heavy atom. The number of benzene rings is 1. The second kappa shape index (κ2) is 9.30. The lowest BCUT2D eigenvalue weighted by molar-refractivity contribution is 0.448. The maximum atomic E-state index is 12.5. The van der Waals surface area contributed by atoms with Crippen LogP contribution >= 0.6 is 0 Å². The van der Waals surface area contributed by atoms with Crippen LogP contribution in [-0.4, -0.2) is 33.3 Å². The van der Waals surface area contributed by atoms with Crippen LogP contribution in [-0.2, 0) is 24.1 Å². The largest absolute Gasteiger partial charge is 0.424 e. The lowest BCUT2D eigenvalue weighted by atomic mass is 10.1. The fourth-order valence-electron chi connectivity index (χ4n) is 3.69. The molecule has 0 spiro atoms. The lowest BCUT2D eigenvalue weighted by Gasteiger charge is -2.12. The maximum Gasteiger partial charge on any atom is 0.324 e. The Morgan fingerprint density at radius 1 is 1.09 bits per heavy atom. The molecule has 0 atom stereocenters. The Bertz CT molecular complexity index is 1500. The van der Waals surface area contributed by atoms with E-state index < -0.39 is 10.0 Å². The second-order valence-electron chi connectivity index (χ2n) is 8.24. The van der Waals surface area contributed by atoms with Gasteiger partial charge in [-0.05, 0) is 37.6 Å². The summed E-state index contributed by atoms with van der Waals surface area (Å²) in [6, 6.07) is 10.8. The first-order valence-corrected chi connectivity index (χ1v) is 12.6. The third kappa shape index (κ3) is 4.96. The van der Waals surface area contributed by atoms with Crippen LogP contribution in [0, 0.1) is 6.92 Å². The van der Waals surface area contributed by atoms with Gasteiger partial charge in [-0.2, -0.15) is 9.97 Å². The molecule has 0 aliphatic carbocycles. The number of unbranched alkanes of at least 4 members (excludes halogenated alkanes) is 1. The van der Waals surface area contributed by atoms with Crippen molar-refractivity contribution in [3.63, 3.8) is 0 Å². The van der Waals surface area contributed by atoms with Crippen molar-refractivity contribution in [1.82, 2.24) is 19.1 Å². The van der Waals surface area contributed by atoms with Gasteiger partial charge in [0.05, 0.1) is 17.0 Å². The van der Waals surface area contributed by atoms with E-state index in [-0.39, 0.29) is 23.1 Å². The monoisotopic (exact) mass is 481 g/mol. The smallest absolute Gasteiger partial charge is 0.324 e. The van der Waals surface area contributed by atoms with Crippen molar-refractivity contribution in [2.45, 2.75) is 26.7 Å². The fraction of sp³-hybridized carbons (Fsp3) is 0.292. The summed E-state index contributed by atoms with van der Waals surface area (Å²) in [5.74, 6) is 0.635. The summed E-state index contributed by atoms with van der Waals surface area (Å²) in [6.07, 6.45) is 4.86. The number of anilines is 1. The van der Waals surface area contributed by atoms with E-state index in [4.69, 9.17) is 4.74 Å². The summed E-state index contributed by atoms with van der Waals surface area (Å²) in [5.41, 5.74) is 2.46. The third-order valence-corrected chi connectivity index (χ3v) is 6.83. The number of nitrogens with one attached hydrogen (secondary N) is 1. The standard InChI is InChI=1S/C24H27N5O4S/c1-5-6-12-34(31,32)27-22-14-19(17-13-16(2)23(30)29(4)15-17)25-24(26-22)33-21-9-7-8-20-18(21)10-11-28(20)3/h7-11,13-15H,5-6,12H2,1-4H3,(H,25,26,27). The van der Waals surface area contributed by atoms with E-state index in [2.05, 4.69) is 14.7 Å². The molecule has 4 aromatic rings. The van der Waals surface area contributed by atoms with Crippen molar-refractivity contribution in [2.75, 3.05) is 10.5 Å². The van der Waals surface area contributed by atoms with Crippen LogP contribution in [0.4, 0.5) is 5.82 Å². The van der Waals surface area contributed by atoms with Crippen molar-refractivity contribution < 1.29 is 13.2 Å². The minimum atomic E-state index is -3.59. The van der Waals surface area contributed by atoms with Gasteiger partial charge in [-0.3, -0.25) is 9.52 Å². The van der Waals surface area contributed by atoms with Crippen molar-refractivity contribution in [3.8, 4) is 23.0 Å². The van der Waals surface area contributed by atoms with Crippen LogP contribution in [0.3, 0.4) is 0 Å². The minimum Gasteiger partial charge on any atom is -0.424 e. The number of pyridine rings is 1. The molecule has 178 valence electrons. The number of fused-ring (bicyclic) bond motifs is 1. The van der Waals surface area contributed by atoms with Gasteiger partial charge in [0.2, 0.25) is 10.0 Å². The van der Waals surface area contributed by atoms with Crippen LogP contribution in [0.2, 0.25) is 0 Å². The number of aromatic nitrogens is 4. The van der Waals surface area contributed by atoms with E-state index in [9.17, 15) is 13.2 Å². The Labute approximate surface area is 198 Å². The van der Waals surface area contributed by atoms with E-state index in [0.717, 1.165) is 17.3 Å². The highest BCUT2D eigenvalue weighted by Crippen LogP contribution is 2.31. The Hall–Kier alpha value is -3.66. The molecule has 4 rings (SSSR count). The summed E-state index contributed by atoms with van der Waals surface area (Å²) >= 11 is 0. The van der Waals surface area contributed by atoms with Gasteiger partial charge < -0.3 is 13.9 Å². The van der Waals surface area contributed by atoms with E-state index in [1.54, 1.807) is 38.4 Å². The third-order valence-electron chi connectivity index (χ3n) is 5.48. The van der Waals surface area contributed by atoms with Gasteiger partial charge in [0.25, 0.3) is 5.56 Å². The molecule has 0 saturated carbocycles. The molecule has 0 bridgehead atoms. The molecule has 10 heteroatoms. The Balaban J connectivity index is 1.80. The zero-order valence-corrected chi connectivity index (χ0v) is 20.4. The minimum absolute atomic E-state index is 0.00597. The first-order chi connectivity index (χ1) is 16.2. The molecule has 0 unspecified atom stereocenters. The van der Waals surface area contributed by atoms with Gasteiger partial charge in [-0.25, -0.2) is 8.42 Å². The van der Waals surface area contributed by atoms with Crippen LogP contribution in [0.15, 0.2) is 53.6 Å². The van der Waals surface area contributed by atoms with Gasteiger partial charge >= 0.3 is 6.01 Å². The van der Waals surface area contributed by atoms with Crippen LogP contribution in [0.25, 0.3) is 22.2 Å². The van der Waals surface area contributed by atoms with E-state index in [0.29, 0.717) is 29.0 Å². The summed E-state index contributed by atoms with van der Waals surface area (Å²) in [6.45, 7) is 3.64. The summed E-state index contributed by atoms with van der Waals surface area (Å²) in [5, 5.41) is 0.877. The number of nitrogens with zero attached hydrogens (tertiary/aromatic N) is 4. The van der Waals surface area contributed by atoms with E-state index >= 15 is 0 Å². The Kier molecular flexibility index (Phi) is 6.43. The van der Waals surface area contributed by atoms with Gasteiger partial charge in [0, 0.05) is 49.1 Å². The fourth-order valence-corrected chi connectivity index (χ4v) is 4.89. The SMILES string of the molecule is CCCCS(=O)(=O)Nc1cc(-c2cc(C)c(=O)n(C)c2)nc(Oc2cccc3c2ccn3C)n1. The summed E-state index contributed by atoms with van der Waals surface area (Å²) < 4.78 is 37.1. The average molecular weight is 482 g/mol. The highest BCUT2D eigenvalue weighted by Gasteiger charge is 2.16. The molecule has 0 amide bonds. The van der Waals surface area contributed by atoms with Crippen LogP contribution in [0.1, 0.15) is 25.3 Å². The molecule has 0 radical (unpaired) electrons. The molecule has 1 aromatic carbocycles. The molecule has 3 aromatic heterocycles. The number of sulfonamides is 1. The van der Waals surface area contributed by atoms with Gasteiger partial charge in [0.1, 0.15) is 11.6 Å². The predicted molar refractivity (Wildman–Crippen MR) is 133 cm³/mol. The maximum absolute atomic E-state index is 12.5. The molecule has 0 aliphatic heterocycles. The van der Waals surface area contributed by atoms with Gasteiger partial charge in [-0.1, -0.05) is 19.4 Å². The number of rotatable bonds is 8. The highest BCUT2D eigenvalue weighted by molar-refractivity contribution is 7.92. The topological polar surface area (TPSA) is 108 Å². The highest BCUT2D eigenvalue weighted by atomic mass is 32.2. The van der Waals surface area contributed by atoms with Gasteiger partial charge in [-0.15, -0.1) is 0 Å². The molecule has 0 saturated heterocycles. The second-order valence-corrected chi connectivity index (χ2v) is 10.1. The molecule has 9 nitrogen and oxygen atoms in total. The van der Waals surface area contributed by atoms with Crippen LogP contribution < -0.4 is 15.0 Å². The molecular weight excluding hydrogens is 454 g/mol. The van der Waals surface area contributed by atoms with E-state index in [1.807, 2.05) is 42.9 Å². The number of aryl methyl sites for hydroxylation is 3. The Morgan fingerprint density at radius 3 is 2.62 bits per heavy atom. The van der Waals surface area contributed by atoms with E-state index in [1.165, 1.54) is 4.57 Å². The molecule has 34 heavy (non-hydrogen) atoms. The number of hydrogen-bond donors (Lipinski definition) is 1. The first-order valence-electron chi connectivity index (χ1n) is 11.0. The normalized spacial score (nSPS) is 11.6. The van der Waals surface area contributed by atoms with Crippen molar-refractivity contribution in [2.24, 2.45) is 14.1 Å². The van der Waals surface area contributed by atoms with Crippen molar-refractivity contribution in [3.05, 3.63) is 64.7 Å². The zero-order chi connectivity index (χ0) is 24.5. The van der Waals surface area contributed by atoms with Crippen molar-refractivity contribution >= 4 is 26.7 Å². The van der Waals surface area contributed by atoms with Crippen molar-refractivity contribution in [1.29, 1.82) is 0 Å².